The Morgan fingerprint density at radius 3 is 2.08 bits per heavy atom. The number of benzene rings is 3. The third kappa shape index (κ3) is 6.47. The van der Waals surface area contributed by atoms with Gasteiger partial charge < -0.3 is 20.9 Å². The highest BCUT2D eigenvalue weighted by Gasteiger charge is 2.34. The molecule has 0 saturated carbocycles. The van der Waals surface area contributed by atoms with E-state index in [-0.39, 0.29) is 23.4 Å². The molecule has 0 aliphatic carbocycles. The lowest BCUT2D eigenvalue weighted by molar-refractivity contribution is -0.119. The molecule has 4 rings (SSSR count). The van der Waals surface area contributed by atoms with E-state index >= 15 is 0 Å². The maximum absolute atomic E-state index is 13.3. The summed E-state index contributed by atoms with van der Waals surface area (Å²) in [7, 11) is 0. The van der Waals surface area contributed by atoms with E-state index in [1.807, 2.05) is 49.4 Å². The molecule has 0 radical (unpaired) electrons. The average Bonchev–Trinajstić information content (AvgIpc) is 2.89. The number of carbonyl (C=O) groups is 3. The largest absolute Gasteiger partial charge is 0.340 e. The number of urea groups is 1. The van der Waals surface area contributed by atoms with E-state index in [9.17, 15) is 18.8 Å². The van der Waals surface area contributed by atoms with Crippen LogP contribution in [0, 0.1) is 18.7 Å². The lowest BCUT2D eigenvalue weighted by atomic mass is 9.88. The first-order chi connectivity index (χ1) is 17.4. The Morgan fingerprint density at radius 1 is 0.833 bits per heavy atom. The number of piperidine rings is 1. The van der Waals surface area contributed by atoms with Gasteiger partial charge in [-0.2, -0.15) is 0 Å². The van der Waals surface area contributed by atoms with Gasteiger partial charge in [-0.3, -0.25) is 9.59 Å². The van der Waals surface area contributed by atoms with Crippen molar-refractivity contribution in [3.05, 3.63) is 95.8 Å². The highest BCUT2D eigenvalue weighted by atomic mass is 19.1. The summed E-state index contributed by atoms with van der Waals surface area (Å²) in [6.07, 6.45) is 1.08. The summed E-state index contributed by atoms with van der Waals surface area (Å²) in [5.74, 6) is -1.41. The molecule has 1 aliphatic heterocycles. The van der Waals surface area contributed by atoms with Crippen LogP contribution < -0.4 is 16.0 Å². The molecule has 3 aromatic rings. The Bertz CT molecular complexity index is 1190. The molecule has 0 bridgehead atoms. The number of halogens is 1. The Kier molecular flexibility index (Phi) is 7.95. The van der Waals surface area contributed by atoms with Crippen LogP contribution in [0.4, 0.5) is 20.6 Å². The molecule has 0 spiro atoms. The monoisotopic (exact) mass is 488 g/mol. The maximum Gasteiger partial charge on any atom is 0.321 e. The molecule has 1 saturated heterocycles. The van der Waals surface area contributed by atoms with Gasteiger partial charge in [0, 0.05) is 30.0 Å². The fourth-order valence-corrected chi connectivity index (χ4v) is 4.24. The van der Waals surface area contributed by atoms with E-state index in [1.54, 1.807) is 17.0 Å². The standard InChI is InChI=1S/C28H29FN4O3/c1-19-7-13-24(14-8-19)31-28(36)33-17-15-20(16-18-33)25(27(35)30-23-5-3-2-4-6-23)32-26(34)21-9-11-22(29)12-10-21/h2-14,20,25H,15-18H2,1H3,(H,30,35)(H,31,36)(H,32,34)/t25-/m1/s1. The summed E-state index contributed by atoms with van der Waals surface area (Å²) in [6, 6.07) is 20.8. The van der Waals surface area contributed by atoms with Crippen molar-refractivity contribution in [2.45, 2.75) is 25.8 Å². The molecule has 36 heavy (non-hydrogen) atoms. The first-order valence-corrected chi connectivity index (χ1v) is 11.9. The SMILES string of the molecule is Cc1ccc(NC(=O)N2CCC([C@@H](NC(=O)c3ccc(F)cc3)C(=O)Nc3ccccc3)CC2)cc1. The van der Waals surface area contributed by atoms with Gasteiger partial charge in [0.05, 0.1) is 0 Å². The molecule has 7 nitrogen and oxygen atoms in total. The van der Waals surface area contributed by atoms with Gasteiger partial charge in [-0.15, -0.1) is 0 Å². The molecule has 1 fully saturated rings. The maximum atomic E-state index is 13.3. The predicted molar refractivity (Wildman–Crippen MR) is 137 cm³/mol. The van der Waals surface area contributed by atoms with E-state index in [0.717, 1.165) is 11.3 Å². The molecular formula is C28H29FN4O3. The van der Waals surface area contributed by atoms with Crippen LogP contribution in [0.15, 0.2) is 78.9 Å². The van der Waals surface area contributed by atoms with Crippen molar-refractivity contribution in [2.75, 3.05) is 23.7 Å². The molecule has 3 N–H and O–H groups in total. The second kappa shape index (κ2) is 11.5. The van der Waals surface area contributed by atoms with Crippen molar-refractivity contribution in [3.8, 4) is 0 Å². The number of aryl methyl sites for hydroxylation is 1. The third-order valence-corrected chi connectivity index (χ3v) is 6.32. The molecule has 1 heterocycles. The molecule has 0 aromatic heterocycles. The minimum absolute atomic E-state index is 0.179. The van der Waals surface area contributed by atoms with Gasteiger partial charge in [0.25, 0.3) is 5.91 Å². The number of nitrogens with one attached hydrogen (secondary N) is 3. The van der Waals surface area contributed by atoms with Crippen molar-refractivity contribution in [2.24, 2.45) is 5.92 Å². The number of rotatable bonds is 6. The summed E-state index contributed by atoms with van der Waals surface area (Å²) in [5.41, 5.74) is 2.72. The average molecular weight is 489 g/mol. The quantitative estimate of drug-likeness (QED) is 0.465. The molecule has 1 atom stereocenters. The van der Waals surface area contributed by atoms with Crippen molar-refractivity contribution in [1.82, 2.24) is 10.2 Å². The number of nitrogens with zero attached hydrogens (tertiary/aromatic N) is 1. The molecule has 0 unspecified atom stereocenters. The van der Waals surface area contributed by atoms with E-state index in [0.29, 0.717) is 31.6 Å². The van der Waals surface area contributed by atoms with E-state index < -0.39 is 17.8 Å². The van der Waals surface area contributed by atoms with Crippen LogP contribution in [-0.4, -0.2) is 41.9 Å². The Labute approximate surface area is 209 Å². The van der Waals surface area contributed by atoms with Gasteiger partial charge in [-0.25, -0.2) is 9.18 Å². The number of likely N-dealkylation sites (tertiary alicyclic amines) is 1. The van der Waals surface area contributed by atoms with Gasteiger partial charge >= 0.3 is 6.03 Å². The van der Waals surface area contributed by atoms with E-state index in [1.165, 1.54) is 24.3 Å². The minimum atomic E-state index is -0.815. The van der Waals surface area contributed by atoms with E-state index in [2.05, 4.69) is 16.0 Å². The van der Waals surface area contributed by atoms with E-state index in [4.69, 9.17) is 0 Å². The van der Waals surface area contributed by atoms with Crippen molar-refractivity contribution >= 4 is 29.2 Å². The Hall–Kier alpha value is -4.20. The lowest BCUT2D eigenvalue weighted by Gasteiger charge is -2.35. The summed E-state index contributed by atoms with van der Waals surface area (Å²) in [5, 5.41) is 8.61. The van der Waals surface area contributed by atoms with Crippen LogP contribution in [-0.2, 0) is 4.79 Å². The predicted octanol–water partition coefficient (Wildman–Crippen LogP) is 4.82. The van der Waals surface area contributed by atoms with Crippen LogP contribution in [0.5, 0.6) is 0 Å². The van der Waals surface area contributed by atoms with Crippen molar-refractivity contribution in [1.29, 1.82) is 0 Å². The third-order valence-electron chi connectivity index (χ3n) is 6.32. The number of hydrogen-bond donors (Lipinski definition) is 3. The number of carbonyl (C=O) groups excluding carboxylic acids is 3. The molecule has 1 aliphatic rings. The van der Waals surface area contributed by atoms with Gasteiger partial charge in [0.2, 0.25) is 5.91 Å². The number of hydrogen-bond acceptors (Lipinski definition) is 3. The summed E-state index contributed by atoms with van der Waals surface area (Å²) in [4.78, 5) is 40.6. The van der Waals surface area contributed by atoms with Gasteiger partial charge in [0.1, 0.15) is 11.9 Å². The van der Waals surface area contributed by atoms with Crippen LogP contribution in [0.25, 0.3) is 0 Å². The Balaban J connectivity index is 1.42. The van der Waals surface area contributed by atoms with Crippen molar-refractivity contribution < 1.29 is 18.8 Å². The topological polar surface area (TPSA) is 90.5 Å². The highest BCUT2D eigenvalue weighted by molar-refractivity contribution is 6.01. The minimum Gasteiger partial charge on any atom is -0.340 e. The first-order valence-electron chi connectivity index (χ1n) is 11.9. The van der Waals surface area contributed by atoms with Crippen molar-refractivity contribution in [3.63, 3.8) is 0 Å². The molecule has 4 amide bonds. The highest BCUT2D eigenvalue weighted by Crippen LogP contribution is 2.23. The number of para-hydroxylation sites is 1. The van der Waals surface area contributed by atoms with Crippen LogP contribution >= 0.6 is 0 Å². The van der Waals surface area contributed by atoms with Crippen LogP contribution in [0.3, 0.4) is 0 Å². The van der Waals surface area contributed by atoms with Crippen LogP contribution in [0.2, 0.25) is 0 Å². The number of anilines is 2. The molecule has 186 valence electrons. The lowest BCUT2D eigenvalue weighted by Crippen LogP contribution is -2.52. The zero-order valence-corrected chi connectivity index (χ0v) is 20.0. The zero-order valence-electron chi connectivity index (χ0n) is 20.0. The van der Waals surface area contributed by atoms with Gasteiger partial charge in [-0.1, -0.05) is 35.9 Å². The summed E-state index contributed by atoms with van der Waals surface area (Å²) < 4.78 is 13.3. The second-order valence-corrected chi connectivity index (χ2v) is 8.93. The fourth-order valence-electron chi connectivity index (χ4n) is 4.24. The molecule has 3 aromatic carbocycles. The molecule has 8 heteroatoms. The number of amides is 4. The molecular weight excluding hydrogens is 459 g/mol. The van der Waals surface area contributed by atoms with Gasteiger partial charge in [0.15, 0.2) is 0 Å². The van der Waals surface area contributed by atoms with Crippen LogP contribution in [0.1, 0.15) is 28.8 Å². The normalized spacial score (nSPS) is 14.6. The zero-order chi connectivity index (χ0) is 25.5. The first kappa shape index (κ1) is 24.9. The summed E-state index contributed by atoms with van der Waals surface area (Å²) in [6.45, 7) is 2.88. The fraction of sp³-hybridized carbons (Fsp3) is 0.250. The smallest absolute Gasteiger partial charge is 0.321 e. The summed E-state index contributed by atoms with van der Waals surface area (Å²) >= 11 is 0. The Morgan fingerprint density at radius 2 is 1.44 bits per heavy atom. The van der Waals surface area contributed by atoms with Gasteiger partial charge in [-0.05, 0) is 74.2 Å². The second-order valence-electron chi connectivity index (χ2n) is 8.93.